The van der Waals surface area contributed by atoms with Crippen LogP contribution in [0, 0.1) is 12.8 Å². The number of urea groups is 1. The molecule has 5 amide bonds. The number of hydrogen-bond acceptors (Lipinski definition) is 7. The van der Waals surface area contributed by atoms with Gasteiger partial charge < -0.3 is 31.3 Å². The molecule has 0 aliphatic carbocycles. The average Bonchev–Trinajstić information content (AvgIpc) is 3.66. The van der Waals surface area contributed by atoms with Gasteiger partial charge in [0.05, 0.1) is 11.3 Å². The molecule has 0 saturated carbocycles. The Kier molecular flexibility index (Phi) is 14.7. The summed E-state index contributed by atoms with van der Waals surface area (Å²) >= 11 is 0. The molecule has 14 nitrogen and oxygen atoms in total. The molecule has 1 fully saturated rings. The Bertz CT molecular complexity index is 1970. The number of carbonyl (C=O) groups excluding carboxylic acids is 4. The van der Waals surface area contributed by atoms with Crippen LogP contribution in [0.15, 0.2) is 84.3 Å². The number of aliphatic carboxylic acids is 1. The second-order valence-electron chi connectivity index (χ2n) is 13.9. The minimum atomic E-state index is -4.03. The molecule has 4 rings (SSSR count). The van der Waals surface area contributed by atoms with Gasteiger partial charge in [0.25, 0.3) is 0 Å². The molecular formula is C40H50N6O8S. The zero-order valence-electron chi connectivity index (χ0n) is 31.6. The maximum atomic E-state index is 13.4. The SMILES string of the molecule is C=Cc1ccc(S(=O)(=O)N2CCC[C@H]2C(=O)N[C@@H](CCNC(=O)[C@H](CC(C)C)N(C)C(=O)Cc2ccc(NC(=O)Nc3ccccc3C)cc2)C(=O)O)cc1. The van der Waals surface area contributed by atoms with Crippen molar-refractivity contribution in [1.29, 1.82) is 0 Å². The summed E-state index contributed by atoms with van der Waals surface area (Å²) in [5.41, 5.74) is 3.54. The molecule has 3 atom stereocenters. The molecule has 0 aromatic heterocycles. The van der Waals surface area contributed by atoms with E-state index in [2.05, 4.69) is 27.8 Å². The number of amides is 5. The Morgan fingerprint density at radius 1 is 0.982 bits per heavy atom. The highest BCUT2D eigenvalue weighted by Gasteiger charge is 2.40. The van der Waals surface area contributed by atoms with Crippen LogP contribution in [0.1, 0.15) is 56.2 Å². The third-order valence-electron chi connectivity index (χ3n) is 9.39. The number of carboxylic acids is 1. The number of hydrogen-bond donors (Lipinski definition) is 5. The maximum Gasteiger partial charge on any atom is 0.326 e. The summed E-state index contributed by atoms with van der Waals surface area (Å²) in [7, 11) is -2.49. The van der Waals surface area contributed by atoms with Gasteiger partial charge in [-0.2, -0.15) is 4.31 Å². The quantitative estimate of drug-likeness (QED) is 0.131. The molecule has 3 aromatic rings. The minimum Gasteiger partial charge on any atom is -0.480 e. The van der Waals surface area contributed by atoms with Gasteiger partial charge in [-0.1, -0.05) is 69.0 Å². The number of benzene rings is 3. The predicted octanol–water partition coefficient (Wildman–Crippen LogP) is 4.63. The molecule has 15 heteroatoms. The number of carbonyl (C=O) groups is 5. The van der Waals surface area contributed by atoms with Gasteiger partial charge in [0, 0.05) is 31.5 Å². The second-order valence-corrected chi connectivity index (χ2v) is 15.8. The van der Waals surface area contributed by atoms with E-state index >= 15 is 0 Å². The van der Waals surface area contributed by atoms with Gasteiger partial charge in [0.15, 0.2) is 0 Å². The van der Waals surface area contributed by atoms with E-state index in [0.717, 1.165) is 15.4 Å². The standard InChI is InChI=1S/C40H50N6O8S/c1-6-28-15-19-31(20-16-28)55(53,54)46-23-9-12-34(46)38(49)43-33(39(50)51)21-22-41-37(48)35(24-26(2)3)45(5)36(47)25-29-13-17-30(18-14-29)42-40(52)44-32-11-8-7-10-27(32)4/h6-8,10-11,13-20,26,33-35H,1,9,12,21-25H2,2-5H3,(H,41,48)(H,43,49)(H,50,51)(H2,42,44,52)/t33-,34-,35-/m0/s1. The largest absolute Gasteiger partial charge is 0.480 e. The van der Waals surface area contributed by atoms with E-state index in [1.54, 1.807) is 48.5 Å². The van der Waals surface area contributed by atoms with Crippen molar-refractivity contribution in [3.8, 4) is 0 Å². The zero-order chi connectivity index (χ0) is 40.3. The van der Waals surface area contributed by atoms with Crippen molar-refractivity contribution in [2.45, 2.75) is 75.9 Å². The number of nitrogens with one attached hydrogen (secondary N) is 4. The van der Waals surface area contributed by atoms with Gasteiger partial charge in [0.2, 0.25) is 27.7 Å². The van der Waals surface area contributed by atoms with Crippen molar-refractivity contribution in [2.24, 2.45) is 5.92 Å². The molecule has 1 aliphatic rings. The fraction of sp³-hybridized carbons (Fsp3) is 0.375. The average molecular weight is 775 g/mol. The van der Waals surface area contributed by atoms with E-state index in [1.807, 2.05) is 39.0 Å². The lowest BCUT2D eigenvalue weighted by Crippen LogP contribution is -2.52. The Labute approximate surface area is 322 Å². The van der Waals surface area contributed by atoms with Crippen LogP contribution in [0.25, 0.3) is 6.08 Å². The van der Waals surface area contributed by atoms with Crippen molar-refractivity contribution in [3.05, 3.63) is 96.1 Å². The Balaban J connectivity index is 1.31. The summed E-state index contributed by atoms with van der Waals surface area (Å²) in [6, 6.07) is 16.5. The molecule has 1 aliphatic heterocycles. The van der Waals surface area contributed by atoms with Crippen LogP contribution in [-0.2, 0) is 35.6 Å². The predicted molar refractivity (Wildman–Crippen MR) is 211 cm³/mol. The van der Waals surface area contributed by atoms with E-state index in [1.165, 1.54) is 24.1 Å². The number of sulfonamides is 1. The highest BCUT2D eigenvalue weighted by Crippen LogP contribution is 2.27. The molecule has 5 N–H and O–H groups in total. The lowest BCUT2D eigenvalue weighted by atomic mass is 10.0. The lowest BCUT2D eigenvalue weighted by Gasteiger charge is -2.29. The van der Waals surface area contributed by atoms with E-state index < -0.39 is 52.0 Å². The first-order valence-corrected chi connectivity index (χ1v) is 19.6. The molecule has 0 unspecified atom stereocenters. The number of para-hydroxylation sites is 1. The van der Waals surface area contributed by atoms with Crippen LogP contribution in [-0.4, -0.2) is 90.7 Å². The summed E-state index contributed by atoms with van der Waals surface area (Å²) in [6.07, 6.45) is 2.39. The third kappa shape index (κ3) is 11.5. The first kappa shape index (κ1) is 42.2. The number of nitrogens with zero attached hydrogens (tertiary/aromatic N) is 2. The fourth-order valence-electron chi connectivity index (χ4n) is 6.25. The Hall–Kier alpha value is -5.54. The molecule has 55 heavy (non-hydrogen) atoms. The van der Waals surface area contributed by atoms with Crippen LogP contribution in [0.2, 0.25) is 0 Å². The number of anilines is 2. The van der Waals surface area contributed by atoms with Crippen molar-refractivity contribution in [2.75, 3.05) is 30.8 Å². The number of likely N-dealkylation sites (N-methyl/N-ethyl adjacent to an activating group) is 1. The number of rotatable bonds is 17. The van der Waals surface area contributed by atoms with Crippen molar-refractivity contribution in [1.82, 2.24) is 19.8 Å². The molecular weight excluding hydrogens is 725 g/mol. The normalized spacial score (nSPS) is 15.4. The van der Waals surface area contributed by atoms with Gasteiger partial charge in [-0.15, -0.1) is 0 Å². The van der Waals surface area contributed by atoms with E-state index in [9.17, 15) is 37.5 Å². The summed E-state index contributed by atoms with van der Waals surface area (Å²) in [4.78, 5) is 66.1. The van der Waals surface area contributed by atoms with Crippen molar-refractivity contribution < 1.29 is 37.5 Å². The van der Waals surface area contributed by atoms with Gasteiger partial charge in [0.1, 0.15) is 18.1 Å². The van der Waals surface area contributed by atoms with Gasteiger partial charge in [-0.05, 0) is 85.5 Å². The highest BCUT2D eigenvalue weighted by atomic mass is 32.2. The zero-order valence-corrected chi connectivity index (χ0v) is 32.4. The van der Waals surface area contributed by atoms with E-state index in [-0.39, 0.29) is 49.1 Å². The molecule has 0 spiro atoms. The molecule has 1 heterocycles. The summed E-state index contributed by atoms with van der Waals surface area (Å²) < 4.78 is 27.9. The molecule has 3 aromatic carbocycles. The second kappa shape index (κ2) is 19.2. The lowest BCUT2D eigenvalue weighted by molar-refractivity contribution is -0.142. The Morgan fingerprint density at radius 3 is 2.27 bits per heavy atom. The van der Waals surface area contributed by atoms with Gasteiger partial charge >= 0.3 is 12.0 Å². The van der Waals surface area contributed by atoms with Crippen molar-refractivity contribution >= 4 is 57.2 Å². The summed E-state index contributed by atoms with van der Waals surface area (Å²) in [6.45, 7) is 9.37. The number of carboxylic acid groups (broad SMARTS) is 1. The van der Waals surface area contributed by atoms with Crippen LogP contribution >= 0.6 is 0 Å². The van der Waals surface area contributed by atoms with Crippen LogP contribution in [0.4, 0.5) is 16.2 Å². The summed E-state index contributed by atoms with van der Waals surface area (Å²) in [5, 5.41) is 20.6. The maximum absolute atomic E-state index is 13.4. The number of aryl methyl sites for hydroxylation is 1. The van der Waals surface area contributed by atoms with Crippen LogP contribution in [0.5, 0.6) is 0 Å². The third-order valence-corrected chi connectivity index (χ3v) is 11.3. The topological polar surface area (TPSA) is 194 Å². The first-order valence-electron chi connectivity index (χ1n) is 18.1. The minimum absolute atomic E-state index is 0.00474. The molecule has 0 bridgehead atoms. The van der Waals surface area contributed by atoms with Crippen LogP contribution in [0.3, 0.4) is 0 Å². The summed E-state index contributed by atoms with van der Waals surface area (Å²) in [5.74, 6) is -2.83. The smallest absolute Gasteiger partial charge is 0.326 e. The Morgan fingerprint density at radius 2 is 1.65 bits per heavy atom. The molecule has 294 valence electrons. The molecule has 1 saturated heterocycles. The van der Waals surface area contributed by atoms with Gasteiger partial charge in [-0.25, -0.2) is 18.0 Å². The van der Waals surface area contributed by atoms with E-state index in [0.29, 0.717) is 29.8 Å². The van der Waals surface area contributed by atoms with Crippen LogP contribution < -0.4 is 21.3 Å². The molecule has 0 radical (unpaired) electrons. The fourth-order valence-corrected chi connectivity index (χ4v) is 7.90. The van der Waals surface area contributed by atoms with Gasteiger partial charge in [-0.3, -0.25) is 14.4 Å². The van der Waals surface area contributed by atoms with E-state index in [4.69, 9.17) is 0 Å². The monoisotopic (exact) mass is 774 g/mol. The first-order chi connectivity index (χ1) is 26.1. The van der Waals surface area contributed by atoms with Crippen molar-refractivity contribution in [3.63, 3.8) is 0 Å². The highest BCUT2D eigenvalue weighted by molar-refractivity contribution is 7.89.